The van der Waals surface area contributed by atoms with Gasteiger partial charge >= 0.3 is 0 Å². The Kier molecular flexibility index (Phi) is 14.1. The Morgan fingerprint density at radius 2 is 1.46 bits per heavy atom. The number of carbonyl (C=O) groups excluding carboxylic acids is 3. The standard InChI is InChI=1S/C16H30N2O6/c1-13(2)14(19)4-9-23-10-6-18-16(21)12-24-11-7-17-15(20)5-8-22-3/h13H,4-12H2,1-3H3,(H,17,20)(H,18,21). The molecule has 8 nitrogen and oxygen atoms in total. The predicted molar refractivity (Wildman–Crippen MR) is 88.6 cm³/mol. The van der Waals surface area contributed by atoms with Crippen LogP contribution in [0.5, 0.6) is 0 Å². The molecular weight excluding hydrogens is 316 g/mol. The Bertz CT molecular complexity index is 374. The van der Waals surface area contributed by atoms with Gasteiger partial charge in [0.05, 0.1) is 26.4 Å². The van der Waals surface area contributed by atoms with Gasteiger partial charge in [0, 0.05) is 39.0 Å². The molecule has 2 amide bonds. The van der Waals surface area contributed by atoms with E-state index in [2.05, 4.69) is 10.6 Å². The highest BCUT2D eigenvalue weighted by Gasteiger charge is 2.06. The summed E-state index contributed by atoms with van der Waals surface area (Å²) in [4.78, 5) is 34.1. The molecule has 0 unspecified atom stereocenters. The van der Waals surface area contributed by atoms with Crippen LogP contribution in [-0.4, -0.2) is 70.8 Å². The van der Waals surface area contributed by atoms with E-state index in [1.165, 1.54) is 7.11 Å². The number of Topliss-reactive ketones (excluding diaryl/α,β-unsaturated/α-hetero) is 1. The van der Waals surface area contributed by atoms with E-state index < -0.39 is 0 Å². The topological polar surface area (TPSA) is 103 Å². The summed E-state index contributed by atoms with van der Waals surface area (Å²) >= 11 is 0. The van der Waals surface area contributed by atoms with Gasteiger partial charge in [-0.15, -0.1) is 0 Å². The molecule has 0 aromatic heterocycles. The first-order chi connectivity index (χ1) is 11.5. The van der Waals surface area contributed by atoms with E-state index in [1.807, 2.05) is 13.8 Å². The van der Waals surface area contributed by atoms with Crippen molar-refractivity contribution < 1.29 is 28.6 Å². The Morgan fingerprint density at radius 3 is 2.08 bits per heavy atom. The minimum Gasteiger partial charge on any atom is -0.384 e. The van der Waals surface area contributed by atoms with Crippen LogP contribution in [0.1, 0.15) is 26.7 Å². The monoisotopic (exact) mass is 346 g/mol. The van der Waals surface area contributed by atoms with Crippen molar-refractivity contribution in [3.05, 3.63) is 0 Å². The molecule has 0 aliphatic rings. The van der Waals surface area contributed by atoms with Gasteiger partial charge in [0.15, 0.2) is 0 Å². The van der Waals surface area contributed by atoms with Crippen LogP contribution in [0, 0.1) is 5.92 Å². The first kappa shape index (κ1) is 22.5. The van der Waals surface area contributed by atoms with Crippen LogP contribution in [0.15, 0.2) is 0 Å². The van der Waals surface area contributed by atoms with E-state index in [0.717, 1.165) is 0 Å². The number of carbonyl (C=O) groups is 3. The van der Waals surface area contributed by atoms with Crippen molar-refractivity contribution in [1.82, 2.24) is 10.6 Å². The molecule has 0 aromatic rings. The van der Waals surface area contributed by atoms with E-state index in [1.54, 1.807) is 0 Å². The third-order valence-corrected chi connectivity index (χ3v) is 3.04. The summed E-state index contributed by atoms with van der Waals surface area (Å²) in [5, 5.41) is 5.29. The molecule has 24 heavy (non-hydrogen) atoms. The molecule has 0 aliphatic heterocycles. The van der Waals surface area contributed by atoms with Crippen molar-refractivity contribution in [2.24, 2.45) is 5.92 Å². The Hall–Kier alpha value is -1.51. The molecule has 0 fully saturated rings. The van der Waals surface area contributed by atoms with E-state index in [-0.39, 0.29) is 36.7 Å². The summed E-state index contributed by atoms with van der Waals surface area (Å²) in [5.74, 6) is -0.169. The fraction of sp³-hybridized carbons (Fsp3) is 0.812. The molecular formula is C16H30N2O6. The molecule has 0 saturated carbocycles. The Morgan fingerprint density at radius 1 is 0.833 bits per heavy atom. The van der Waals surface area contributed by atoms with Crippen LogP contribution in [-0.2, 0) is 28.6 Å². The van der Waals surface area contributed by atoms with Gasteiger partial charge in [-0.25, -0.2) is 0 Å². The Balaban J connectivity index is 3.38. The molecule has 0 heterocycles. The van der Waals surface area contributed by atoms with Gasteiger partial charge in [0.1, 0.15) is 12.4 Å². The maximum Gasteiger partial charge on any atom is 0.246 e. The lowest BCUT2D eigenvalue weighted by molar-refractivity contribution is -0.126. The molecule has 0 radical (unpaired) electrons. The quantitative estimate of drug-likeness (QED) is 0.402. The van der Waals surface area contributed by atoms with Crippen molar-refractivity contribution in [3.8, 4) is 0 Å². The normalized spacial score (nSPS) is 10.7. The van der Waals surface area contributed by atoms with Crippen molar-refractivity contribution in [2.45, 2.75) is 26.7 Å². The second kappa shape index (κ2) is 15.0. The van der Waals surface area contributed by atoms with Crippen LogP contribution in [0.4, 0.5) is 0 Å². The maximum atomic E-state index is 11.5. The Labute approximate surface area is 143 Å². The largest absolute Gasteiger partial charge is 0.384 e. The number of methoxy groups -OCH3 is 1. The van der Waals surface area contributed by atoms with Gasteiger partial charge in [-0.3, -0.25) is 14.4 Å². The van der Waals surface area contributed by atoms with E-state index in [0.29, 0.717) is 45.8 Å². The summed E-state index contributed by atoms with van der Waals surface area (Å²) in [6, 6.07) is 0. The average molecular weight is 346 g/mol. The maximum absolute atomic E-state index is 11.5. The number of hydrogen-bond acceptors (Lipinski definition) is 6. The van der Waals surface area contributed by atoms with Crippen molar-refractivity contribution >= 4 is 17.6 Å². The molecule has 140 valence electrons. The summed E-state index contributed by atoms with van der Waals surface area (Å²) in [7, 11) is 1.53. The molecule has 0 rings (SSSR count). The van der Waals surface area contributed by atoms with Crippen molar-refractivity contribution in [1.29, 1.82) is 0 Å². The second-order valence-electron chi connectivity index (χ2n) is 5.48. The van der Waals surface area contributed by atoms with E-state index >= 15 is 0 Å². The molecule has 2 N–H and O–H groups in total. The van der Waals surface area contributed by atoms with Crippen LogP contribution in [0.3, 0.4) is 0 Å². The SMILES string of the molecule is COCCC(=O)NCCOCC(=O)NCCOCCC(=O)C(C)C. The molecule has 0 aromatic carbocycles. The van der Waals surface area contributed by atoms with E-state index in [4.69, 9.17) is 14.2 Å². The number of hydrogen-bond donors (Lipinski definition) is 2. The van der Waals surface area contributed by atoms with Crippen LogP contribution >= 0.6 is 0 Å². The lowest BCUT2D eigenvalue weighted by atomic mass is 10.1. The smallest absolute Gasteiger partial charge is 0.246 e. The zero-order valence-corrected chi connectivity index (χ0v) is 14.9. The van der Waals surface area contributed by atoms with Crippen molar-refractivity contribution in [3.63, 3.8) is 0 Å². The number of nitrogens with one attached hydrogen (secondary N) is 2. The fourth-order valence-corrected chi connectivity index (χ4v) is 1.59. The molecule has 0 atom stereocenters. The van der Waals surface area contributed by atoms with Gasteiger partial charge < -0.3 is 24.8 Å². The van der Waals surface area contributed by atoms with Crippen LogP contribution in [0.2, 0.25) is 0 Å². The average Bonchev–Trinajstić information content (AvgIpc) is 2.55. The molecule has 0 aliphatic carbocycles. The summed E-state index contributed by atoms with van der Waals surface area (Å²) in [6.45, 7) is 5.72. The lowest BCUT2D eigenvalue weighted by Crippen LogP contribution is -2.33. The van der Waals surface area contributed by atoms with Gasteiger partial charge in [-0.05, 0) is 0 Å². The summed E-state index contributed by atoms with van der Waals surface area (Å²) in [6.07, 6.45) is 0.699. The number of amides is 2. The minimum atomic E-state index is -0.248. The zero-order chi connectivity index (χ0) is 18.2. The molecule has 0 spiro atoms. The number of ether oxygens (including phenoxy) is 3. The molecule has 8 heteroatoms. The molecule has 0 saturated heterocycles. The van der Waals surface area contributed by atoms with Gasteiger partial charge in [0.25, 0.3) is 0 Å². The van der Waals surface area contributed by atoms with E-state index in [9.17, 15) is 14.4 Å². The van der Waals surface area contributed by atoms with Crippen LogP contribution < -0.4 is 10.6 Å². The third kappa shape index (κ3) is 14.1. The summed E-state index contributed by atoms with van der Waals surface area (Å²) in [5.41, 5.74) is 0. The fourth-order valence-electron chi connectivity index (χ4n) is 1.59. The number of ketones is 1. The lowest BCUT2D eigenvalue weighted by Gasteiger charge is -2.08. The highest BCUT2D eigenvalue weighted by atomic mass is 16.5. The number of rotatable bonds is 15. The van der Waals surface area contributed by atoms with Crippen LogP contribution in [0.25, 0.3) is 0 Å². The first-order valence-electron chi connectivity index (χ1n) is 8.18. The second-order valence-corrected chi connectivity index (χ2v) is 5.48. The highest BCUT2D eigenvalue weighted by Crippen LogP contribution is 1.98. The highest BCUT2D eigenvalue weighted by molar-refractivity contribution is 5.80. The first-order valence-corrected chi connectivity index (χ1v) is 8.18. The van der Waals surface area contributed by atoms with Gasteiger partial charge in [-0.2, -0.15) is 0 Å². The molecule has 0 bridgehead atoms. The van der Waals surface area contributed by atoms with Gasteiger partial charge in [0.2, 0.25) is 11.8 Å². The minimum absolute atomic E-state index is 0.0233. The summed E-state index contributed by atoms with van der Waals surface area (Å²) < 4.78 is 15.2. The third-order valence-electron chi connectivity index (χ3n) is 3.04. The predicted octanol–water partition coefficient (Wildman–Crippen LogP) is -0.0963. The zero-order valence-electron chi connectivity index (χ0n) is 14.9. The van der Waals surface area contributed by atoms with Crippen molar-refractivity contribution in [2.75, 3.05) is 53.2 Å². The van der Waals surface area contributed by atoms with Gasteiger partial charge in [-0.1, -0.05) is 13.8 Å².